The fourth-order valence-corrected chi connectivity index (χ4v) is 3.05. The number of aryl methyl sites for hydroxylation is 2. The molecule has 0 atom stereocenters. The van der Waals surface area contributed by atoms with E-state index < -0.39 is 0 Å². The van der Waals surface area contributed by atoms with Crippen LogP contribution in [0, 0.1) is 6.92 Å². The van der Waals surface area contributed by atoms with Crippen molar-refractivity contribution in [2.45, 2.75) is 33.1 Å². The van der Waals surface area contributed by atoms with E-state index in [1.807, 2.05) is 11.3 Å². The Bertz CT molecular complexity index is 318. The highest BCUT2D eigenvalue weighted by molar-refractivity contribution is 7.12. The van der Waals surface area contributed by atoms with E-state index >= 15 is 0 Å². The summed E-state index contributed by atoms with van der Waals surface area (Å²) in [6.45, 7) is 4.50. The molecule has 0 aliphatic heterocycles. The minimum Gasteiger partial charge on any atom is -0.144 e. The highest BCUT2D eigenvalue weighted by atomic mass is 32.1. The van der Waals surface area contributed by atoms with Gasteiger partial charge in [0.1, 0.15) is 0 Å². The monoisotopic (exact) mass is 178 g/mol. The van der Waals surface area contributed by atoms with Crippen LogP contribution >= 0.6 is 11.3 Å². The Labute approximate surface area is 77.9 Å². The predicted molar refractivity (Wildman–Crippen MR) is 55.8 cm³/mol. The molecule has 1 heterocycles. The van der Waals surface area contributed by atoms with Crippen LogP contribution in [-0.4, -0.2) is 0 Å². The molecule has 0 amide bonds. The van der Waals surface area contributed by atoms with Gasteiger partial charge >= 0.3 is 0 Å². The Balaban J connectivity index is 2.53. The van der Waals surface area contributed by atoms with Crippen molar-refractivity contribution in [3.05, 3.63) is 27.0 Å². The summed E-state index contributed by atoms with van der Waals surface area (Å²) in [5, 5.41) is 0. The molecule has 1 aliphatic rings. The Morgan fingerprint density at radius 2 is 2.33 bits per heavy atom. The zero-order valence-electron chi connectivity index (χ0n) is 7.68. The zero-order chi connectivity index (χ0) is 8.55. The summed E-state index contributed by atoms with van der Waals surface area (Å²) in [4.78, 5) is 3.18. The van der Waals surface area contributed by atoms with E-state index in [0.29, 0.717) is 0 Å². The highest BCUT2D eigenvalue weighted by Crippen LogP contribution is 2.32. The van der Waals surface area contributed by atoms with Crippen LogP contribution < -0.4 is 0 Å². The van der Waals surface area contributed by atoms with Crippen LogP contribution in [0.5, 0.6) is 0 Å². The maximum atomic E-state index is 2.30. The van der Waals surface area contributed by atoms with Crippen LogP contribution in [0.2, 0.25) is 0 Å². The van der Waals surface area contributed by atoms with Crippen LogP contribution in [-0.2, 0) is 12.8 Å². The van der Waals surface area contributed by atoms with Crippen LogP contribution in [0.4, 0.5) is 0 Å². The molecule has 2 rings (SSSR count). The molecule has 0 saturated heterocycles. The molecule has 0 fully saturated rings. The first-order valence-corrected chi connectivity index (χ1v) is 5.42. The Hall–Kier alpha value is -0.560. The molecule has 1 heteroatoms. The molecule has 0 aromatic carbocycles. The van der Waals surface area contributed by atoms with Gasteiger partial charge in [-0.25, -0.2) is 0 Å². The molecule has 0 N–H and O–H groups in total. The lowest BCUT2D eigenvalue weighted by molar-refractivity contribution is 1.01. The van der Waals surface area contributed by atoms with Gasteiger partial charge in [0.05, 0.1) is 0 Å². The molecular formula is C11H14S. The van der Waals surface area contributed by atoms with Gasteiger partial charge in [0, 0.05) is 9.75 Å². The molecule has 0 spiro atoms. The normalized spacial score (nSPS) is 14.8. The summed E-state index contributed by atoms with van der Waals surface area (Å²) in [6.07, 6.45) is 8.27. The first kappa shape index (κ1) is 8.06. The van der Waals surface area contributed by atoms with E-state index in [1.165, 1.54) is 30.4 Å². The van der Waals surface area contributed by atoms with Crippen molar-refractivity contribution >= 4 is 17.4 Å². The lowest BCUT2D eigenvalue weighted by Crippen LogP contribution is -1.88. The van der Waals surface area contributed by atoms with Crippen LogP contribution in [0.25, 0.3) is 6.08 Å². The molecule has 1 aromatic heterocycles. The van der Waals surface area contributed by atoms with E-state index in [1.54, 1.807) is 9.75 Å². The fourth-order valence-electron chi connectivity index (χ4n) is 1.80. The summed E-state index contributed by atoms with van der Waals surface area (Å²) < 4.78 is 0. The summed E-state index contributed by atoms with van der Waals surface area (Å²) in [7, 11) is 0. The molecule has 64 valence electrons. The van der Waals surface area contributed by atoms with Gasteiger partial charge in [0.15, 0.2) is 0 Å². The third-order valence-electron chi connectivity index (χ3n) is 2.51. The second-order valence-corrected chi connectivity index (χ2v) is 4.47. The molecule has 12 heavy (non-hydrogen) atoms. The average Bonchev–Trinajstić information content (AvgIpc) is 2.44. The Morgan fingerprint density at radius 3 is 3.00 bits per heavy atom. The summed E-state index contributed by atoms with van der Waals surface area (Å²) >= 11 is 2.01. The van der Waals surface area contributed by atoms with Gasteiger partial charge in [-0.1, -0.05) is 19.1 Å². The van der Waals surface area contributed by atoms with Crippen LogP contribution in [0.15, 0.2) is 6.08 Å². The first-order chi connectivity index (χ1) is 5.83. The van der Waals surface area contributed by atoms with Gasteiger partial charge in [-0.3, -0.25) is 0 Å². The molecular weight excluding hydrogens is 164 g/mol. The largest absolute Gasteiger partial charge is 0.144 e. The molecule has 0 radical (unpaired) electrons. The molecule has 0 saturated carbocycles. The number of hydrogen-bond donors (Lipinski definition) is 0. The van der Waals surface area contributed by atoms with Crippen molar-refractivity contribution in [3.63, 3.8) is 0 Å². The lowest BCUT2D eigenvalue weighted by Gasteiger charge is -2.03. The van der Waals surface area contributed by atoms with Crippen LogP contribution in [0.3, 0.4) is 0 Å². The zero-order valence-corrected chi connectivity index (χ0v) is 8.50. The second kappa shape index (κ2) is 3.06. The van der Waals surface area contributed by atoms with Gasteiger partial charge in [-0.15, -0.1) is 11.3 Å². The molecule has 0 nitrogen and oxygen atoms in total. The van der Waals surface area contributed by atoms with Crippen LogP contribution in [0.1, 0.15) is 34.2 Å². The lowest BCUT2D eigenvalue weighted by atomic mass is 10.0. The van der Waals surface area contributed by atoms with Gasteiger partial charge in [0.25, 0.3) is 0 Å². The number of hydrogen-bond acceptors (Lipinski definition) is 1. The summed E-state index contributed by atoms with van der Waals surface area (Å²) in [5.41, 5.74) is 3.04. The van der Waals surface area contributed by atoms with Crippen molar-refractivity contribution < 1.29 is 0 Å². The van der Waals surface area contributed by atoms with Crippen molar-refractivity contribution in [2.75, 3.05) is 0 Å². The van der Waals surface area contributed by atoms with E-state index in [0.717, 1.165) is 0 Å². The molecule has 1 aromatic rings. The highest BCUT2D eigenvalue weighted by Gasteiger charge is 2.12. The smallest absolute Gasteiger partial charge is 0.0126 e. The topological polar surface area (TPSA) is 0 Å². The van der Waals surface area contributed by atoms with E-state index in [9.17, 15) is 0 Å². The SMILES string of the molecule is CCc1sc2c(c1C)C=CCC2. The molecule has 0 unspecified atom stereocenters. The van der Waals surface area contributed by atoms with Crippen molar-refractivity contribution in [2.24, 2.45) is 0 Å². The van der Waals surface area contributed by atoms with E-state index in [-0.39, 0.29) is 0 Å². The number of thiophene rings is 1. The summed E-state index contributed by atoms with van der Waals surface area (Å²) in [5.74, 6) is 0. The third kappa shape index (κ3) is 1.13. The minimum atomic E-state index is 1.19. The van der Waals surface area contributed by atoms with Gasteiger partial charge in [0.2, 0.25) is 0 Å². The quantitative estimate of drug-likeness (QED) is 0.616. The standard InChI is InChI=1S/C11H14S/c1-3-10-8(2)9-6-4-5-7-11(9)12-10/h4,6H,3,5,7H2,1-2H3. The number of allylic oxidation sites excluding steroid dienone is 1. The maximum absolute atomic E-state index is 2.30. The molecule has 0 bridgehead atoms. The van der Waals surface area contributed by atoms with E-state index in [4.69, 9.17) is 0 Å². The number of rotatable bonds is 1. The maximum Gasteiger partial charge on any atom is 0.0126 e. The predicted octanol–water partition coefficient (Wildman–Crippen LogP) is 3.58. The Morgan fingerprint density at radius 1 is 1.50 bits per heavy atom. The van der Waals surface area contributed by atoms with Crippen molar-refractivity contribution in [1.29, 1.82) is 0 Å². The van der Waals surface area contributed by atoms with Gasteiger partial charge in [-0.05, 0) is 37.3 Å². The van der Waals surface area contributed by atoms with Crippen molar-refractivity contribution in [3.8, 4) is 0 Å². The summed E-state index contributed by atoms with van der Waals surface area (Å²) in [6, 6.07) is 0. The van der Waals surface area contributed by atoms with Gasteiger partial charge in [-0.2, -0.15) is 0 Å². The second-order valence-electron chi connectivity index (χ2n) is 3.28. The van der Waals surface area contributed by atoms with E-state index in [2.05, 4.69) is 26.0 Å². The third-order valence-corrected chi connectivity index (χ3v) is 4.02. The fraction of sp³-hybridized carbons (Fsp3) is 0.455. The first-order valence-electron chi connectivity index (χ1n) is 4.60. The van der Waals surface area contributed by atoms with Crippen molar-refractivity contribution in [1.82, 2.24) is 0 Å². The molecule has 1 aliphatic carbocycles. The Kier molecular flexibility index (Phi) is 2.05. The minimum absolute atomic E-state index is 1.19. The van der Waals surface area contributed by atoms with Gasteiger partial charge < -0.3 is 0 Å². The number of fused-ring (bicyclic) bond motifs is 1. The average molecular weight is 178 g/mol.